The van der Waals surface area contributed by atoms with Gasteiger partial charge in [0, 0.05) is 12.1 Å². The van der Waals surface area contributed by atoms with Crippen LogP contribution in [0.25, 0.3) is 0 Å². The maximum absolute atomic E-state index is 12.5. The van der Waals surface area contributed by atoms with Crippen molar-refractivity contribution < 1.29 is 13.2 Å². The third-order valence-corrected chi connectivity index (χ3v) is 6.07. The Balaban J connectivity index is 2.20. The van der Waals surface area contributed by atoms with Crippen LogP contribution in [0.1, 0.15) is 39.5 Å². The first-order chi connectivity index (χ1) is 9.94. The van der Waals surface area contributed by atoms with Crippen molar-refractivity contribution in [3.05, 3.63) is 22.7 Å². The van der Waals surface area contributed by atoms with E-state index in [1.807, 2.05) is 6.92 Å². The third kappa shape index (κ3) is 4.20. The van der Waals surface area contributed by atoms with E-state index in [-0.39, 0.29) is 10.9 Å². The number of hydrogen-bond donors (Lipinski definition) is 1. The highest BCUT2D eigenvalue weighted by atomic mass is 79.9. The Morgan fingerprint density at radius 1 is 1.33 bits per heavy atom. The maximum Gasteiger partial charge on any atom is 0.240 e. The standard InChI is InChI=1S/C15H22BrNO3S/c1-3-20-15-10-12(8-9-13(15)16)21(18,19)17-14-7-5-4-6-11(14)2/h8-11,14,17H,3-7H2,1-2H3/t11-,14+/m1/s1. The van der Waals surface area contributed by atoms with Gasteiger partial charge in [-0.2, -0.15) is 0 Å². The molecule has 0 bridgehead atoms. The molecule has 2 atom stereocenters. The molecular formula is C15H22BrNO3S. The summed E-state index contributed by atoms with van der Waals surface area (Å²) in [4.78, 5) is 0.256. The summed E-state index contributed by atoms with van der Waals surface area (Å²) < 4.78 is 34.1. The van der Waals surface area contributed by atoms with E-state index in [1.54, 1.807) is 18.2 Å². The molecule has 1 aromatic carbocycles. The van der Waals surface area contributed by atoms with Gasteiger partial charge in [-0.15, -0.1) is 0 Å². The van der Waals surface area contributed by atoms with Gasteiger partial charge in [-0.3, -0.25) is 0 Å². The molecule has 2 rings (SSSR count). The van der Waals surface area contributed by atoms with Gasteiger partial charge in [0.15, 0.2) is 0 Å². The monoisotopic (exact) mass is 375 g/mol. The van der Waals surface area contributed by atoms with Gasteiger partial charge in [-0.05, 0) is 53.7 Å². The van der Waals surface area contributed by atoms with Crippen LogP contribution in [0, 0.1) is 5.92 Å². The first-order valence-corrected chi connectivity index (χ1v) is 9.66. The van der Waals surface area contributed by atoms with Crippen LogP contribution in [0.4, 0.5) is 0 Å². The molecule has 0 aliphatic heterocycles. The van der Waals surface area contributed by atoms with Crippen molar-refractivity contribution in [2.45, 2.75) is 50.5 Å². The second-order valence-corrected chi connectivity index (χ2v) is 8.08. The van der Waals surface area contributed by atoms with Crippen LogP contribution < -0.4 is 9.46 Å². The minimum absolute atomic E-state index is 0.0305. The van der Waals surface area contributed by atoms with Crippen LogP contribution in [0.2, 0.25) is 0 Å². The fraction of sp³-hybridized carbons (Fsp3) is 0.600. The molecule has 1 aliphatic carbocycles. The highest BCUT2D eigenvalue weighted by Crippen LogP contribution is 2.29. The number of nitrogens with one attached hydrogen (secondary N) is 1. The van der Waals surface area contributed by atoms with Gasteiger partial charge in [0.25, 0.3) is 0 Å². The van der Waals surface area contributed by atoms with Crippen molar-refractivity contribution in [2.24, 2.45) is 5.92 Å². The fourth-order valence-corrected chi connectivity index (χ4v) is 4.43. The second-order valence-electron chi connectivity index (χ2n) is 5.51. The van der Waals surface area contributed by atoms with Gasteiger partial charge in [0.05, 0.1) is 16.0 Å². The third-order valence-electron chi connectivity index (χ3n) is 3.93. The first-order valence-electron chi connectivity index (χ1n) is 7.38. The molecule has 0 saturated heterocycles. The Morgan fingerprint density at radius 3 is 2.71 bits per heavy atom. The summed E-state index contributed by atoms with van der Waals surface area (Å²) in [6.45, 7) is 4.48. The Kier molecular flexibility index (Phi) is 5.68. The predicted octanol–water partition coefficient (Wildman–Crippen LogP) is 3.70. The Morgan fingerprint density at radius 2 is 2.05 bits per heavy atom. The summed E-state index contributed by atoms with van der Waals surface area (Å²) in [5.74, 6) is 0.937. The lowest BCUT2D eigenvalue weighted by Gasteiger charge is -2.29. The quantitative estimate of drug-likeness (QED) is 0.853. The van der Waals surface area contributed by atoms with E-state index in [0.29, 0.717) is 18.3 Å². The molecule has 0 unspecified atom stereocenters. The SMILES string of the molecule is CCOc1cc(S(=O)(=O)N[C@H]2CCCC[C@H]2C)ccc1Br. The van der Waals surface area contributed by atoms with E-state index in [1.165, 1.54) is 6.42 Å². The van der Waals surface area contributed by atoms with E-state index in [4.69, 9.17) is 4.74 Å². The minimum atomic E-state index is -3.50. The number of halogens is 1. The molecule has 0 radical (unpaired) electrons. The van der Waals surface area contributed by atoms with Crippen LogP contribution in [-0.4, -0.2) is 21.1 Å². The number of ether oxygens (including phenoxy) is 1. The summed E-state index contributed by atoms with van der Waals surface area (Å²) >= 11 is 3.37. The molecule has 0 aromatic heterocycles. The average Bonchev–Trinajstić information content (AvgIpc) is 2.44. The zero-order valence-electron chi connectivity index (χ0n) is 12.4. The van der Waals surface area contributed by atoms with Gasteiger partial charge < -0.3 is 4.74 Å². The highest BCUT2D eigenvalue weighted by molar-refractivity contribution is 9.10. The van der Waals surface area contributed by atoms with Crippen molar-refractivity contribution in [1.29, 1.82) is 0 Å². The van der Waals surface area contributed by atoms with Crippen molar-refractivity contribution in [1.82, 2.24) is 4.72 Å². The van der Waals surface area contributed by atoms with Gasteiger partial charge in [-0.25, -0.2) is 13.1 Å². The van der Waals surface area contributed by atoms with E-state index >= 15 is 0 Å². The molecule has 6 heteroatoms. The molecule has 118 valence electrons. The van der Waals surface area contributed by atoms with Gasteiger partial charge >= 0.3 is 0 Å². The van der Waals surface area contributed by atoms with Crippen molar-refractivity contribution in [3.8, 4) is 5.75 Å². The smallest absolute Gasteiger partial charge is 0.240 e. The molecule has 1 aliphatic rings. The number of sulfonamides is 1. The van der Waals surface area contributed by atoms with Crippen molar-refractivity contribution in [2.75, 3.05) is 6.61 Å². The summed E-state index contributed by atoms with van der Waals surface area (Å²) in [5.41, 5.74) is 0. The normalized spacial score (nSPS) is 23.0. The molecule has 0 amide bonds. The van der Waals surface area contributed by atoms with Crippen LogP contribution in [0.3, 0.4) is 0 Å². The molecule has 0 heterocycles. The largest absolute Gasteiger partial charge is 0.493 e. The fourth-order valence-electron chi connectivity index (χ4n) is 2.68. The summed E-state index contributed by atoms with van der Waals surface area (Å²) in [6, 6.07) is 4.92. The van der Waals surface area contributed by atoms with Crippen molar-refractivity contribution in [3.63, 3.8) is 0 Å². The van der Waals surface area contributed by atoms with Gasteiger partial charge in [0.2, 0.25) is 10.0 Å². The Bertz CT molecular complexity index is 589. The average molecular weight is 376 g/mol. The Hall–Kier alpha value is -0.590. The predicted molar refractivity (Wildman–Crippen MR) is 87.1 cm³/mol. The number of benzene rings is 1. The number of rotatable bonds is 5. The topological polar surface area (TPSA) is 55.4 Å². The van der Waals surface area contributed by atoms with Crippen molar-refractivity contribution >= 4 is 26.0 Å². The zero-order valence-corrected chi connectivity index (χ0v) is 14.8. The van der Waals surface area contributed by atoms with E-state index in [2.05, 4.69) is 27.6 Å². The second kappa shape index (κ2) is 7.11. The van der Waals surface area contributed by atoms with Gasteiger partial charge in [-0.1, -0.05) is 19.8 Å². The summed E-state index contributed by atoms with van der Waals surface area (Å²) in [6.07, 6.45) is 4.27. The lowest BCUT2D eigenvalue weighted by atomic mass is 9.87. The molecule has 1 fully saturated rings. The van der Waals surface area contributed by atoms with Crippen LogP contribution in [-0.2, 0) is 10.0 Å². The van der Waals surface area contributed by atoms with Crippen LogP contribution in [0.5, 0.6) is 5.75 Å². The summed E-state index contributed by atoms with van der Waals surface area (Å²) in [5, 5.41) is 0. The molecule has 0 spiro atoms. The minimum Gasteiger partial charge on any atom is -0.493 e. The van der Waals surface area contributed by atoms with Gasteiger partial charge in [0.1, 0.15) is 5.75 Å². The molecule has 4 nitrogen and oxygen atoms in total. The summed E-state index contributed by atoms with van der Waals surface area (Å²) in [7, 11) is -3.50. The Labute approximate surface area is 135 Å². The molecule has 1 aromatic rings. The van der Waals surface area contributed by atoms with E-state index < -0.39 is 10.0 Å². The van der Waals surface area contributed by atoms with Crippen LogP contribution in [0.15, 0.2) is 27.6 Å². The number of hydrogen-bond acceptors (Lipinski definition) is 3. The molecular weight excluding hydrogens is 354 g/mol. The molecule has 1 saturated carbocycles. The first kappa shape index (κ1) is 16.8. The lowest BCUT2D eigenvalue weighted by molar-refractivity contribution is 0.310. The molecule has 1 N–H and O–H groups in total. The van der Waals surface area contributed by atoms with Crippen LogP contribution >= 0.6 is 15.9 Å². The molecule has 21 heavy (non-hydrogen) atoms. The zero-order chi connectivity index (χ0) is 15.5. The lowest BCUT2D eigenvalue weighted by Crippen LogP contribution is -2.40. The van der Waals surface area contributed by atoms with E-state index in [9.17, 15) is 8.42 Å². The highest BCUT2D eigenvalue weighted by Gasteiger charge is 2.27. The van der Waals surface area contributed by atoms with E-state index in [0.717, 1.165) is 23.7 Å². The maximum atomic E-state index is 12.5.